The van der Waals surface area contributed by atoms with E-state index in [9.17, 15) is 18.0 Å². The number of carbonyl (C=O) groups is 1. The number of amides is 1. The molecule has 0 fully saturated rings. The molecule has 7 heteroatoms. The highest BCUT2D eigenvalue weighted by Gasteiger charge is 2.30. The van der Waals surface area contributed by atoms with Crippen LogP contribution in [0, 0.1) is 0 Å². The van der Waals surface area contributed by atoms with Gasteiger partial charge in [0.25, 0.3) is 0 Å². The minimum atomic E-state index is -4.44. The lowest BCUT2D eigenvalue weighted by molar-refractivity contribution is -0.137. The van der Waals surface area contributed by atoms with Crippen LogP contribution in [0.4, 0.5) is 18.9 Å². The lowest BCUT2D eigenvalue weighted by Gasteiger charge is -2.17. The zero-order valence-corrected chi connectivity index (χ0v) is 14.6. The maximum atomic E-state index is 12.7. The Balaban J connectivity index is 1.89. The van der Waals surface area contributed by atoms with Crippen LogP contribution in [0.2, 0.25) is 0 Å². The molecule has 4 nitrogen and oxygen atoms in total. The quantitative estimate of drug-likeness (QED) is 0.800. The normalized spacial score (nSPS) is 11.5. The molecule has 0 saturated carbocycles. The second-order valence-corrected chi connectivity index (χ2v) is 5.88. The molecule has 0 radical (unpaired) electrons. The van der Waals surface area contributed by atoms with Crippen molar-refractivity contribution in [2.75, 3.05) is 25.5 Å². The second kappa shape index (κ2) is 8.71. The molecule has 0 aliphatic rings. The van der Waals surface area contributed by atoms with E-state index >= 15 is 0 Å². The third-order valence-electron chi connectivity index (χ3n) is 3.57. The van der Waals surface area contributed by atoms with Crippen LogP contribution in [0.25, 0.3) is 0 Å². The van der Waals surface area contributed by atoms with Crippen LogP contribution in [0.3, 0.4) is 0 Å². The van der Waals surface area contributed by atoms with E-state index in [1.807, 2.05) is 31.2 Å². The summed E-state index contributed by atoms with van der Waals surface area (Å²) in [5, 5.41) is 2.50. The number of benzene rings is 2. The van der Waals surface area contributed by atoms with E-state index in [2.05, 4.69) is 5.32 Å². The molecule has 0 saturated heterocycles. The second-order valence-electron chi connectivity index (χ2n) is 5.88. The summed E-state index contributed by atoms with van der Waals surface area (Å²) < 4.78 is 43.5. The molecule has 140 valence electrons. The van der Waals surface area contributed by atoms with Crippen LogP contribution in [-0.4, -0.2) is 31.0 Å². The van der Waals surface area contributed by atoms with Gasteiger partial charge in [0.2, 0.25) is 5.91 Å². The molecule has 2 aromatic rings. The van der Waals surface area contributed by atoms with Crippen LogP contribution >= 0.6 is 0 Å². The van der Waals surface area contributed by atoms with Gasteiger partial charge in [-0.15, -0.1) is 0 Å². The maximum Gasteiger partial charge on any atom is 0.416 e. The fourth-order valence-electron chi connectivity index (χ4n) is 2.44. The number of anilines is 1. The highest BCUT2D eigenvalue weighted by atomic mass is 19.4. The van der Waals surface area contributed by atoms with Crippen molar-refractivity contribution in [3.63, 3.8) is 0 Å². The van der Waals surface area contributed by atoms with Gasteiger partial charge in [-0.05, 0) is 49.9 Å². The molecule has 2 aromatic carbocycles. The molecule has 0 aliphatic carbocycles. The largest absolute Gasteiger partial charge is 0.494 e. The van der Waals surface area contributed by atoms with E-state index in [-0.39, 0.29) is 18.1 Å². The number of likely N-dealkylation sites (N-methyl/N-ethyl adjacent to an activating group) is 1. The Hall–Kier alpha value is -2.54. The van der Waals surface area contributed by atoms with Crippen molar-refractivity contribution in [3.05, 3.63) is 59.7 Å². The number of nitrogens with one attached hydrogen (secondary N) is 1. The van der Waals surface area contributed by atoms with Crippen molar-refractivity contribution >= 4 is 11.6 Å². The summed E-state index contributed by atoms with van der Waals surface area (Å²) in [5.41, 5.74) is 0.333. The van der Waals surface area contributed by atoms with Crippen LogP contribution in [-0.2, 0) is 17.5 Å². The molecular formula is C19H21F3N2O2. The highest BCUT2D eigenvalue weighted by molar-refractivity contribution is 5.92. The van der Waals surface area contributed by atoms with Gasteiger partial charge < -0.3 is 10.1 Å². The number of halogens is 3. The molecule has 0 atom stereocenters. The van der Waals surface area contributed by atoms with Crippen molar-refractivity contribution in [2.24, 2.45) is 0 Å². The van der Waals surface area contributed by atoms with Crippen molar-refractivity contribution < 1.29 is 22.7 Å². The van der Waals surface area contributed by atoms with Gasteiger partial charge in [0, 0.05) is 12.2 Å². The zero-order chi connectivity index (χ0) is 19.2. The number of carbonyl (C=O) groups excluding carboxylic acids is 1. The summed E-state index contributed by atoms with van der Waals surface area (Å²) in [6, 6.07) is 12.1. The van der Waals surface area contributed by atoms with E-state index in [0.717, 1.165) is 23.4 Å². The van der Waals surface area contributed by atoms with Crippen LogP contribution < -0.4 is 10.1 Å². The van der Waals surface area contributed by atoms with Crippen molar-refractivity contribution in [1.82, 2.24) is 4.90 Å². The number of ether oxygens (including phenoxy) is 1. The molecule has 1 N–H and O–H groups in total. The summed E-state index contributed by atoms with van der Waals surface area (Å²) in [6.45, 7) is 3.09. The summed E-state index contributed by atoms with van der Waals surface area (Å²) in [6.07, 6.45) is -4.44. The molecule has 0 spiro atoms. The Kier molecular flexibility index (Phi) is 6.63. The Labute approximate surface area is 150 Å². The van der Waals surface area contributed by atoms with Crippen LogP contribution in [0.5, 0.6) is 5.75 Å². The molecule has 0 aromatic heterocycles. The van der Waals surface area contributed by atoms with E-state index in [1.54, 1.807) is 11.9 Å². The van der Waals surface area contributed by atoms with Gasteiger partial charge in [-0.3, -0.25) is 9.69 Å². The Morgan fingerprint density at radius 1 is 1.15 bits per heavy atom. The van der Waals surface area contributed by atoms with Crippen LogP contribution in [0.1, 0.15) is 18.1 Å². The third-order valence-corrected chi connectivity index (χ3v) is 3.57. The summed E-state index contributed by atoms with van der Waals surface area (Å²) in [4.78, 5) is 13.8. The van der Waals surface area contributed by atoms with E-state index < -0.39 is 11.7 Å². The summed E-state index contributed by atoms with van der Waals surface area (Å²) in [7, 11) is 1.77. The Bertz CT molecular complexity index is 730. The maximum absolute atomic E-state index is 12.7. The molecule has 1 amide bonds. The monoisotopic (exact) mass is 366 g/mol. The van der Waals surface area contributed by atoms with Crippen molar-refractivity contribution in [3.8, 4) is 5.75 Å². The number of rotatable bonds is 7. The third kappa shape index (κ3) is 6.07. The smallest absolute Gasteiger partial charge is 0.416 e. The van der Waals surface area contributed by atoms with Gasteiger partial charge in [-0.1, -0.05) is 18.2 Å². The summed E-state index contributed by atoms with van der Waals surface area (Å²) >= 11 is 0. The van der Waals surface area contributed by atoms with E-state index in [0.29, 0.717) is 13.2 Å². The van der Waals surface area contributed by atoms with Crippen LogP contribution in [0.15, 0.2) is 48.5 Å². The minimum absolute atomic E-state index is 0.0590. The molecule has 26 heavy (non-hydrogen) atoms. The predicted octanol–water partition coefficient (Wildman–Crippen LogP) is 4.17. The van der Waals surface area contributed by atoms with E-state index in [1.165, 1.54) is 12.1 Å². The van der Waals surface area contributed by atoms with Crippen molar-refractivity contribution in [1.29, 1.82) is 0 Å². The first kappa shape index (κ1) is 19.8. The fraction of sp³-hybridized carbons (Fsp3) is 0.316. The minimum Gasteiger partial charge on any atom is -0.494 e. The first-order valence-electron chi connectivity index (χ1n) is 8.15. The molecule has 0 bridgehead atoms. The van der Waals surface area contributed by atoms with Gasteiger partial charge in [-0.2, -0.15) is 13.2 Å². The van der Waals surface area contributed by atoms with Gasteiger partial charge >= 0.3 is 6.18 Å². The molecule has 0 heterocycles. The van der Waals surface area contributed by atoms with Gasteiger partial charge in [-0.25, -0.2) is 0 Å². The lowest BCUT2D eigenvalue weighted by Crippen LogP contribution is -2.29. The SMILES string of the molecule is CCOc1ccc(CN(C)CC(=O)Nc2cccc(C(F)(F)F)c2)cc1. The first-order valence-corrected chi connectivity index (χ1v) is 8.15. The molecule has 0 unspecified atom stereocenters. The number of hydrogen-bond acceptors (Lipinski definition) is 3. The number of hydrogen-bond donors (Lipinski definition) is 1. The summed E-state index contributed by atoms with van der Waals surface area (Å²) in [5.74, 6) is 0.402. The zero-order valence-electron chi connectivity index (χ0n) is 14.6. The Morgan fingerprint density at radius 3 is 2.46 bits per heavy atom. The average molecular weight is 366 g/mol. The standard InChI is InChI=1S/C19H21F3N2O2/c1-3-26-17-9-7-14(8-10-17)12-24(2)13-18(25)23-16-6-4-5-15(11-16)19(20,21)22/h4-11H,3,12-13H2,1-2H3,(H,23,25). The fourth-order valence-corrected chi connectivity index (χ4v) is 2.44. The Morgan fingerprint density at radius 2 is 1.85 bits per heavy atom. The van der Waals surface area contributed by atoms with Gasteiger partial charge in [0.1, 0.15) is 5.75 Å². The molecule has 2 rings (SSSR count). The van der Waals surface area contributed by atoms with Gasteiger partial charge in [0.15, 0.2) is 0 Å². The first-order chi connectivity index (χ1) is 12.3. The topological polar surface area (TPSA) is 41.6 Å². The average Bonchev–Trinajstić information content (AvgIpc) is 2.56. The number of nitrogens with zero attached hydrogens (tertiary/aromatic N) is 1. The predicted molar refractivity (Wildman–Crippen MR) is 94.0 cm³/mol. The molecular weight excluding hydrogens is 345 g/mol. The number of alkyl halides is 3. The molecule has 0 aliphatic heterocycles. The van der Waals surface area contributed by atoms with E-state index in [4.69, 9.17) is 4.74 Å². The highest BCUT2D eigenvalue weighted by Crippen LogP contribution is 2.30. The van der Waals surface area contributed by atoms with Gasteiger partial charge in [0.05, 0.1) is 18.7 Å². The lowest BCUT2D eigenvalue weighted by atomic mass is 10.2. The van der Waals surface area contributed by atoms with Crippen molar-refractivity contribution in [2.45, 2.75) is 19.6 Å².